The SMILES string of the molecule is NS(=O)(=O)CC1CC(=O)N(Cc2ccccc2O)C1. The molecular weight excluding hydrogens is 268 g/mol. The van der Waals surface area contributed by atoms with Gasteiger partial charge in [0.25, 0.3) is 0 Å². The van der Waals surface area contributed by atoms with Crippen molar-refractivity contribution in [2.75, 3.05) is 12.3 Å². The zero-order valence-corrected chi connectivity index (χ0v) is 11.1. The van der Waals surface area contributed by atoms with Crippen LogP contribution in [0.5, 0.6) is 5.75 Å². The average Bonchev–Trinajstić information content (AvgIpc) is 2.60. The molecule has 104 valence electrons. The third-order valence-electron chi connectivity index (χ3n) is 3.12. The van der Waals surface area contributed by atoms with Crippen LogP contribution in [0.3, 0.4) is 0 Å². The molecule has 1 aliphatic heterocycles. The van der Waals surface area contributed by atoms with E-state index in [1.54, 1.807) is 29.2 Å². The molecule has 0 aliphatic carbocycles. The summed E-state index contributed by atoms with van der Waals surface area (Å²) < 4.78 is 22.0. The fourth-order valence-electron chi connectivity index (χ4n) is 2.30. The second kappa shape index (κ2) is 5.18. The number of carbonyl (C=O) groups is 1. The van der Waals surface area contributed by atoms with Gasteiger partial charge in [0.1, 0.15) is 5.75 Å². The van der Waals surface area contributed by atoms with E-state index in [1.807, 2.05) is 0 Å². The van der Waals surface area contributed by atoms with Crippen LogP contribution in [0.1, 0.15) is 12.0 Å². The van der Waals surface area contributed by atoms with Crippen LogP contribution in [0.15, 0.2) is 24.3 Å². The fraction of sp³-hybridized carbons (Fsp3) is 0.417. The molecule has 2 rings (SSSR count). The molecule has 0 aromatic heterocycles. The number of phenolic OH excluding ortho intramolecular Hbond substituents is 1. The van der Waals surface area contributed by atoms with Gasteiger partial charge >= 0.3 is 0 Å². The monoisotopic (exact) mass is 284 g/mol. The third kappa shape index (κ3) is 3.68. The number of benzene rings is 1. The zero-order valence-electron chi connectivity index (χ0n) is 10.3. The van der Waals surface area contributed by atoms with Gasteiger partial charge in [-0.3, -0.25) is 4.79 Å². The number of phenols is 1. The van der Waals surface area contributed by atoms with E-state index in [4.69, 9.17) is 5.14 Å². The Kier molecular flexibility index (Phi) is 3.77. The number of likely N-dealkylation sites (tertiary alicyclic amines) is 1. The summed E-state index contributed by atoms with van der Waals surface area (Å²) in [4.78, 5) is 13.3. The van der Waals surface area contributed by atoms with Gasteiger partial charge in [0.2, 0.25) is 15.9 Å². The molecule has 1 unspecified atom stereocenters. The van der Waals surface area contributed by atoms with Crippen LogP contribution >= 0.6 is 0 Å². The van der Waals surface area contributed by atoms with Crippen molar-refractivity contribution in [1.82, 2.24) is 4.90 Å². The molecule has 1 heterocycles. The molecule has 19 heavy (non-hydrogen) atoms. The lowest BCUT2D eigenvalue weighted by Crippen LogP contribution is -2.27. The smallest absolute Gasteiger partial charge is 0.223 e. The van der Waals surface area contributed by atoms with Gasteiger partial charge in [-0.2, -0.15) is 0 Å². The molecule has 3 N–H and O–H groups in total. The molecule has 1 atom stereocenters. The highest BCUT2D eigenvalue weighted by Crippen LogP contribution is 2.24. The second-order valence-corrected chi connectivity index (χ2v) is 6.46. The molecule has 1 saturated heterocycles. The molecule has 1 aromatic rings. The lowest BCUT2D eigenvalue weighted by atomic mass is 10.1. The predicted molar refractivity (Wildman–Crippen MR) is 69.6 cm³/mol. The van der Waals surface area contributed by atoms with Crippen LogP contribution in [0.25, 0.3) is 0 Å². The van der Waals surface area contributed by atoms with Gasteiger partial charge in [0.15, 0.2) is 0 Å². The third-order valence-corrected chi connectivity index (χ3v) is 4.05. The summed E-state index contributed by atoms with van der Waals surface area (Å²) in [5, 5.41) is 14.6. The van der Waals surface area contributed by atoms with E-state index >= 15 is 0 Å². The standard InChI is InChI=1S/C12H16N2O4S/c13-19(17,18)8-9-5-12(16)14(6-9)7-10-3-1-2-4-11(10)15/h1-4,9,15H,5-8H2,(H2,13,17,18). The van der Waals surface area contributed by atoms with Crippen molar-refractivity contribution < 1.29 is 18.3 Å². The van der Waals surface area contributed by atoms with Gasteiger partial charge in [-0.25, -0.2) is 13.6 Å². The topological polar surface area (TPSA) is 101 Å². The van der Waals surface area contributed by atoms with Crippen LogP contribution in [0, 0.1) is 5.92 Å². The largest absolute Gasteiger partial charge is 0.508 e. The van der Waals surface area contributed by atoms with E-state index in [1.165, 1.54) is 0 Å². The molecule has 6 nitrogen and oxygen atoms in total. The lowest BCUT2D eigenvalue weighted by molar-refractivity contribution is -0.128. The van der Waals surface area contributed by atoms with Crippen molar-refractivity contribution in [3.8, 4) is 5.75 Å². The first-order chi connectivity index (χ1) is 8.85. The van der Waals surface area contributed by atoms with Gasteiger partial charge in [-0.05, 0) is 6.07 Å². The first kappa shape index (κ1) is 13.8. The number of sulfonamides is 1. The number of nitrogens with zero attached hydrogens (tertiary/aromatic N) is 1. The normalized spacial score (nSPS) is 19.9. The Morgan fingerprint density at radius 2 is 2.05 bits per heavy atom. The Balaban J connectivity index is 2.03. The van der Waals surface area contributed by atoms with Crippen molar-refractivity contribution in [3.63, 3.8) is 0 Å². The van der Waals surface area contributed by atoms with E-state index < -0.39 is 10.0 Å². The van der Waals surface area contributed by atoms with Crippen molar-refractivity contribution in [3.05, 3.63) is 29.8 Å². The Labute approximate surface area is 111 Å². The van der Waals surface area contributed by atoms with Crippen LogP contribution in [-0.4, -0.2) is 36.6 Å². The van der Waals surface area contributed by atoms with Crippen molar-refractivity contribution in [2.45, 2.75) is 13.0 Å². The van der Waals surface area contributed by atoms with E-state index in [2.05, 4.69) is 0 Å². The minimum absolute atomic E-state index is 0.114. The van der Waals surface area contributed by atoms with Gasteiger partial charge in [0, 0.05) is 31.0 Å². The highest BCUT2D eigenvalue weighted by atomic mass is 32.2. The van der Waals surface area contributed by atoms with Crippen molar-refractivity contribution in [2.24, 2.45) is 11.1 Å². The number of hydrogen-bond donors (Lipinski definition) is 2. The number of rotatable bonds is 4. The molecule has 1 amide bonds. The number of para-hydroxylation sites is 1. The fourth-order valence-corrected chi connectivity index (χ4v) is 3.18. The Bertz CT molecular complexity index is 585. The summed E-state index contributed by atoms with van der Waals surface area (Å²) in [7, 11) is -3.56. The molecule has 1 aliphatic rings. The number of primary sulfonamides is 1. The Morgan fingerprint density at radius 3 is 2.68 bits per heavy atom. The minimum atomic E-state index is -3.56. The summed E-state index contributed by atoms with van der Waals surface area (Å²) in [6.45, 7) is 0.635. The van der Waals surface area contributed by atoms with Crippen molar-refractivity contribution in [1.29, 1.82) is 0 Å². The molecule has 0 bridgehead atoms. The maximum atomic E-state index is 11.8. The molecular formula is C12H16N2O4S. The zero-order chi connectivity index (χ0) is 14.0. The summed E-state index contributed by atoms with van der Waals surface area (Å²) >= 11 is 0. The number of amides is 1. The lowest BCUT2D eigenvalue weighted by Gasteiger charge is -2.17. The van der Waals surface area contributed by atoms with Crippen LogP contribution < -0.4 is 5.14 Å². The number of nitrogens with two attached hydrogens (primary N) is 1. The van der Waals surface area contributed by atoms with Crippen molar-refractivity contribution >= 4 is 15.9 Å². The molecule has 1 aromatic carbocycles. The number of aromatic hydroxyl groups is 1. The van der Waals surface area contributed by atoms with Gasteiger partial charge in [-0.1, -0.05) is 18.2 Å². The van der Waals surface area contributed by atoms with Crippen LogP contribution in [0.4, 0.5) is 0 Å². The average molecular weight is 284 g/mol. The van der Waals surface area contributed by atoms with E-state index in [-0.39, 0.29) is 36.3 Å². The maximum Gasteiger partial charge on any atom is 0.223 e. The highest BCUT2D eigenvalue weighted by molar-refractivity contribution is 7.89. The Hall–Kier alpha value is -1.60. The minimum Gasteiger partial charge on any atom is -0.508 e. The van der Waals surface area contributed by atoms with Gasteiger partial charge < -0.3 is 10.0 Å². The highest BCUT2D eigenvalue weighted by Gasteiger charge is 2.32. The second-order valence-electron chi connectivity index (χ2n) is 4.80. The first-order valence-electron chi connectivity index (χ1n) is 5.90. The van der Waals surface area contributed by atoms with E-state index in [0.29, 0.717) is 12.1 Å². The van der Waals surface area contributed by atoms with E-state index in [9.17, 15) is 18.3 Å². The summed E-state index contributed by atoms with van der Waals surface area (Å²) in [5.41, 5.74) is 0.645. The summed E-state index contributed by atoms with van der Waals surface area (Å²) in [6.07, 6.45) is 0.185. The number of carbonyl (C=O) groups excluding carboxylic acids is 1. The summed E-state index contributed by atoms with van der Waals surface area (Å²) in [6, 6.07) is 6.76. The van der Waals surface area contributed by atoms with Gasteiger partial charge in [0.05, 0.1) is 5.75 Å². The number of hydrogen-bond acceptors (Lipinski definition) is 4. The quantitative estimate of drug-likeness (QED) is 0.814. The van der Waals surface area contributed by atoms with Gasteiger partial charge in [-0.15, -0.1) is 0 Å². The predicted octanol–water partition coefficient (Wildman–Crippen LogP) is 0.0292. The molecule has 1 fully saturated rings. The maximum absolute atomic E-state index is 11.8. The van der Waals surface area contributed by atoms with Crippen LogP contribution in [-0.2, 0) is 21.4 Å². The van der Waals surface area contributed by atoms with E-state index in [0.717, 1.165) is 0 Å². The molecule has 0 radical (unpaired) electrons. The molecule has 0 saturated carbocycles. The Morgan fingerprint density at radius 1 is 1.37 bits per heavy atom. The first-order valence-corrected chi connectivity index (χ1v) is 7.62. The van der Waals surface area contributed by atoms with Crippen LogP contribution in [0.2, 0.25) is 0 Å². The molecule has 7 heteroatoms. The molecule has 0 spiro atoms. The summed E-state index contributed by atoms with van der Waals surface area (Å²) in [5.74, 6) is -0.439.